The summed E-state index contributed by atoms with van der Waals surface area (Å²) < 4.78 is 1.41. The Kier molecular flexibility index (Phi) is 10.8. The minimum Gasteiger partial charge on any atom is -0.311 e. The van der Waals surface area contributed by atoms with Crippen molar-refractivity contribution in [3.8, 4) is 44.5 Å². The van der Waals surface area contributed by atoms with Crippen LogP contribution in [0.5, 0.6) is 0 Å². The minimum atomic E-state index is -0.488. The molecule has 0 N–H and O–H groups in total. The molecule has 376 valence electrons. The maximum atomic E-state index is 2.69. The average molecular weight is 1010 g/mol. The third-order valence-corrected chi connectivity index (χ3v) is 19.0. The number of hydrogen-bond donors (Lipinski definition) is 0. The Balaban J connectivity index is 1.11. The fraction of sp³-hybridized carbons (Fsp3) is 0.205. The van der Waals surface area contributed by atoms with Crippen LogP contribution in [0, 0.1) is 6.92 Å². The second-order valence-corrected chi connectivity index (χ2v) is 25.3. The largest absolute Gasteiger partial charge is 0.311 e. The maximum Gasteiger partial charge on any atom is 0.264 e. The topological polar surface area (TPSA) is 6.48 Å². The van der Waals surface area contributed by atoms with E-state index in [-0.39, 0.29) is 12.1 Å². The lowest BCUT2D eigenvalue weighted by Crippen LogP contribution is -2.60. The monoisotopic (exact) mass is 1010 g/mol. The number of rotatable bonds is 7. The van der Waals surface area contributed by atoms with Crippen molar-refractivity contribution in [1.29, 1.82) is 0 Å². The van der Waals surface area contributed by atoms with Crippen molar-refractivity contribution >= 4 is 67.9 Å². The Bertz CT molecular complexity index is 3970. The lowest BCUT2D eigenvalue weighted by molar-refractivity contribution is 0.590. The maximum absolute atomic E-state index is 2.69. The minimum absolute atomic E-state index is 0.0116. The zero-order valence-electron chi connectivity index (χ0n) is 46.1. The van der Waals surface area contributed by atoms with E-state index in [4.69, 9.17) is 0 Å². The molecule has 1 aromatic heterocycles. The fourth-order valence-corrected chi connectivity index (χ4v) is 15.3. The van der Waals surface area contributed by atoms with Crippen molar-refractivity contribution in [3.63, 3.8) is 0 Å². The van der Waals surface area contributed by atoms with E-state index in [1.165, 1.54) is 144 Å². The molecule has 2 nitrogen and oxygen atoms in total. The van der Waals surface area contributed by atoms with Gasteiger partial charge in [-0.05, 0) is 167 Å². The molecule has 0 radical (unpaired) electrons. The van der Waals surface area contributed by atoms with Gasteiger partial charge in [0.05, 0.1) is 11.1 Å². The van der Waals surface area contributed by atoms with Crippen molar-refractivity contribution in [1.82, 2.24) is 0 Å². The van der Waals surface area contributed by atoms with E-state index in [0.29, 0.717) is 17.8 Å². The Morgan fingerprint density at radius 2 is 1.01 bits per heavy atom. The van der Waals surface area contributed by atoms with E-state index in [1.807, 2.05) is 0 Å². The zero-order chi connectivity index (χ0) is 52.8. The molecule has 2 aliphatic heterocycles. The third kappa shape index (κ3) is 7.00. The summed E-state index contributed by atoms with van der Waals surface area (Å²) in [5, 5.41) is 0. The van der Waals surface area contributed by atoms with Crippen LogP contribution >= 0.6 is 11.3 Å². The quantitative estimate of drug-likeness (QED) is 0.147. The second-order valence-electron chi connectivity index (χ2n) is 24.3. The van der Waals surface area contributed by atoms with Gasteiger partial charge >= 0.3 is 0 Å². The van der Waals surface area contributed by atoms with E-state index >= 15 is 0 Å². The van der Waals surface area contributed by atoms with E-state index in [9.17, 15) is 0 Å². The molecule has 3 heterocycles. The summed E-state index contributed by atoms with van der Waals surface area (Å²) >= 11 is 2.08. The first kappa shape index (κ1) is 47.8. The van der Waals surface area contributed by atoms with Crippen LogP contribution in [0.15, 0.2) is 194 Å². The first-order valence-corrected chi connectivity index (χ1v) is 28.8. The van der Waals surface area contributed by atoms with Crippen molar-refractivity contribution in [3.05, 3.63) is 244 Å². The normalized spacial score (nSPS) is 14.2. The molecule has 4 heteroatoms. The molecular weight excluding hydrogens is 948 g/mol. The van der Waals surface area contributed by atoms with Crippen molar-refractivity contribution in [2.75, 3.05) is 9.80 Å². The fourth-order valence-electron chi connectivity index (χ4n) is 13.7. The molecule has 14 rings (SSSR count). The highest BCUT2D eigenvalue weighted by molar-refractivity contribution is 7.30. The number of thiophene rings is 1. The van der Waals surface area contributed by atoms with Gasteiger partial charge in [0.25, 0.3) is 6.71 Å². The SMILES string of the molecule is Cc1cc2c3c(c1)N(c1ccc(C(C)(C)C)cc1)c1c(sc4c1-c1ccc(C(C)C)cc1C41c4ccccc4-c4ccccc41)B3c1ccc(-c3cc(C(C)C)ccc3-c3ccccc3)cc1N2c1ccc(C(C)C)cc1. The smallest absolute Gasteiger partial charge is 0.264 e. The van der Waals surface area contributed by atoms with Crippen molar-refractivity contribution < 1.29 is 0 Å². The first-order chi connectivity index (χ1) is 37.2. The number of anilines is 6. The molecule has 77 heavy (non-hydrogen) atoms. The lowest BCUT2D eigenvalue weighted by atomic mass is 9.36. The number of aryl methyl sites for hydroxylation is 1. The summed E-state index contributed by atoms with van der Waals surface area (Å²) in [5.74, 6) is 1.19. The van der Waals surface area contributed by atoms with Crippen LogP contribution in [0.2, 0.25) is 0 Å². The highest BCUT2D eigenvalue weighted by atomic mass is 32.1. The van der Waals surface area contributed by atoms with Gasteiger partial charge in [0.1, 0.15) is 0 Å². The van der Waals surface area contributed by atoms with Gasteiger partial charge in [-0.15, -0.1) is 11.3 Å². The summed E-state index contributed by atoms with van der Waals surface area (Å²) in [7, 11) is 0. The molecule has 10 aromatic rings. The molecule has 0 unspecified atom stereocenters. The standard InChI is InChI=1S/C73H65BN2S/c1-43(2)47-24-31-53(32-25-47)75-64-42-51(59-40-49(44(3)4)26-35-55(59)48-18-12-11-13-19-48)28-37-63(64)74-68-65(75)38-46(7)39-66(68)76(54-33-29-52(30-34-54)72(8,9)10)69-67-58-36-27-50(45(5)6)41-62(58)73(70(67)77-71(69)74)60-22-16-14-20-56(60)57-21-15-17-23-61(57)73/h11-45H,1-10H3. The van der Waals surface area contributed by atoms with Crippen molar-refractivity contribution in [2.24, 2.45) is 0 Å². The van der Waals surface area contributed by atoms with E-state index in [0.717, 1.165) is 0 Å². The number of fused-ring (bicyclic) bond motifs is 15. The number of hydrogen-bond acceptors (Lipinski definition) is 3. The Hall–Kier alpha value is -7.66. The van der Waals surface area contributed by atoms with E-state index in [2.05, 4.69) is 284 Å². The van der Waals surface area contributed by atoms with Gasteiger partial charge in [0, 0.05) is 43.7 Å². The van der Waals surface area contributed by atoms with Crippen LogP contribution in [-0.2, 0) is 10.8 Å². The first-order valence-electron chi connectivity index (χ1n) is 28.0. The van der Waals surface area contributed by atoms with Gasteiger partial charge in [-0.1, -0.05) is 214 Å². The van der Waals surface area contributed by atoms with Crippen molar-refractivity contribution in [2.45, 2.75) is 97.8 Å². The average Bonchev–Trinajstić information content (AvgIpc) is 4.29. The lowest BCUT2D eigenvalue weighted by Gasteiger charge is -2.44. The van der Waals surface area contributed by atoms with Crippen LogP contribution in [0.4, 0.5) is 34.1 Å². The van der Waals surface area contributed by atoms with Gasteiger partial charge in [-0.25, -0.2) is 0 Å². The van der Waals surface area contributed by atoms with Gasteiger partial charge < -0.3 is 9.80 Å². The summed E-state index contributed by atoms with van der Waals surface area (Å²) in [6.07, 6.45) is 0. The molecule has 0 saturated heterocycles. The Morgan fingerprint density at radius 3 is 1.65 bits per heavy atom. The van der Waals surface area contributed by atoms with Gasteiger partial charge in [-0.2, -0.15) is 0 Å². The predicted octanol–water partition coefficient (Wildman–Crippen LogP) is 18.5. The van der Waals surface area contributed by atoms with Gasteiger partial charge in [0.2, 0.25) is 0 Å². The third-order valence-electron chi connectivity index (χ3n) is 17.6. The van der Waals surface area contributed by atoms with Crippen LogP contribution in [0.1, 0.15) is 129 Å². The molecule has 0 amide bonds. The molecule has 1 spiro atoms. The van der Waals surface area contributed by atoms with E-state index in [1.54, 1.807) is 0 Å². The van der Waals surface area contributed by atoms with Crippen LogP contribution in [0.3, 0.4) is 0 Å². The van der Waals surface area contributed by atoms with Crippen LogP contribution in [0.25, 0.3) is 44.5 Å². The number of benzene rings is 9. The molecule has 9 aromatic carbocycles. The summed E-state index contributed by atoms with van der Waals surface area (Å²) in [5.41, 5.74) is 30.8. The predicted molar refractivity (Wildman–Crippen MR) is 331 cm³/mol. The molecule has 0 saturated carbocycles. The molecule has 0 atom stereocenters. The van der Waals surface area contributed by atoms with E-state index < -0.39 is 5.41 Å². The Labute approximate surface area is 460 Å². The molecular formula is C73H65BN2S. The number of nitrogens with zero attached hydrogens (tertiary/aromatic N) is 2. The molecule has 0 bridgehead atoms. The summed E-state index contributed by atoms with van der Waals surface area (Å²) in [6, 6.07) is 75.7. The molecule has 0 fully saturated rings. The van der Waals surface area contributed by atoms with Gasteiger partial charge in [0.15, 0.2) is 0 Å². The second kappa shape index (κ2) is 17.4. The summed E-state index contributed by atoms with van der Waals surface area (Å²) in [6.45, 7) is 23.1. The Morgan fingerprint density at radius 1 is 0.455 bits per heavy atom. The van der Waals surface area contributed by atoms with Gasteiger partial charge in [-0.3, -0.25) is 0 Å². The molecule has 2 aliphatic carbocycles. The summed E-state index contributed by atoms with van der Waals surface area (Å²) in [4.78, 5) is 6.73. The highest BCUT2D eigenvalue weighted by Crippen LogP contribution is 2.67. The van der Waals surface area contributed by atoms with Crippen LogP contribution < -0.4 is 25.5 Å². The zero-order valence-corrected chi connectivity index (χ0v) is 46.9. The highest BCUT2D eigenvalue weighted by Gasteiger charge is 2.57. The molecule has 4 aliphatic rings. The van der Waals surface area contributed by atoms with Crippen LogP contribution in [-0.4, -0.2) is 6.71 Å².